The highest BCUT2D eigenvalue weighted by molar-refractivity contribution is 6.30. The Bertz CT molecular complexity index is 1400. The number of carbonyl (C=O) groups is 1. The van der Waals surface area contributed by atoms with E-state index >= 15 is 4.39 Å². The number of aromatic amines is 1. The summed E-state index contributed by atoms with van der Waals surface area (Å²) in [4.78, 5) is 21.9. The average molecular weight is 578 g/mol. The Morgan fingerprint density at radius 1 is 1.12 bits per heavy atom. The number of fused-ring (bicyclic) bond motifs is 1. The van der Waals surface area contributed by atoms with Gasteiger partial charge in [0.05, 0.1) is 35.1 Å². The molecule has 0 spiro atoms. The number of piperidine rings is 1. The van der Waals surface area contributed by atoms with Gasteiger partial charge in [0.2, 0.25) is 5.91 Å². The zero-order valence-corrected chi connectivity index (χ0v) is 24.1. The number of pyridine rings is 1. The molecule has 9 heteroatoms. The number of amides is 1. The average Bonchev–Trinajstić information content (AvgIpc) is 3.93. The molecule has 3 aromatic rings. The van der Waals surface area contributed by atoms with E-state index in [1.807, 2.05) is 17.0 Å². The van der Waals surface area contributed by atoms with Crippen LogP contribution in [0.1, 0.15) is 67.8 Å². The zero-order chi connectivity index (χ0) is 27.9. The first kappa shape index (κ1) is 26.7. The molecule has 7 nitrogen and oxygen atoms in total. The maximum Gasteiger partial charge on any atom is 0.231 e. The number of benzene rings is 1. The molecule has 1 unspecified atom stereocenters. The van der Waals surface area contributed by atoms with Crippen LogP contribution in [0.4, 0.5) is 15.9 Å². The number of nitrogens with zero attached hydrogens (tertiary/aromatic N) is 4. The summed E-state index contributed by atoms with van der Waals surface area (Å²) in [5, 5.41) is 8.31. The van der Waals surface area contributed by atoms with Crippen molar-refractivity contribution >= 4 is 29.0 Å². The van der Waals surface area contributed by atoms with E-state index in [2.05, 4.69) is 20.1 Å². The van der Waals surface area contributed by atoms with Crippen LogP contribution < -0.4 is 14.5 Å². The van der Waals surface area contributed by atoms with Crippen LogP contribution in [-0.4, -0.2) is 47.3 Å². The van der Waals surface area contributed by atoms with Crippen molar-refractivity contribution in [1.82, 2.24) is 15.2 Å². The van der Waals surface area contributed by atoms with E-state index in [-0.39, 0.29) is 18.1 Å². The Balaban J connectivity index is 0.871. The summed E-state index contributed by atoms with van der Waals surface area (Å²) in [6.45, 7) is 3.33. The van der Waals surface area contributed by atoms with Crippen molar-refractivity contribution in [2.45, 2.75) is 63.7 Å². The first-order valence-electron chi connectivity index (χ1n) is 15.2. The summed E-state index contributed by atoms with van der Waals surface area (Å²) in [6.07, 6.45) is 10.4. The van der Waals surface area contributed by atoms with E-state index in [9.17, 15) is 4.79 Å². The van der Waals surface area contributed by atoms with Gasteiger partial charge < -0.3 is 14.5 Å². The number of aromatic nitrogens is 3. The van der Waals surface area contributed by atoms with Crippen molar-refractivity contribution in [2.24, 2.45) is 17.8 Å². The van der Waals surface area contributed by atoms with Crippen molar-refractivity contribution < 1.29 is 13.9 Å². The minimum Gasteiger partial charge on any atom is -0.493 e. The maximum atomic E-state index is 15.0. The molecule has 0 bridgehead atoms. The standard InChI is InChI=1S/C32H37ClFN5O2/c33-24-6-8-29(35-19-24)38-13-9-20(10-14-38)26-16-22(26)11-15-41-25-7-5-23(27(34)18-25)17-30(40)39-12-1-2-28-32(39)31(37-36-28)21-3-4-21/h5-8,18-22,26H,1-4,9-17H2,(H,36,37)/t22-,26?/m1/s1. The Morgan fingerprint density at radius 2 is 1.98 bits per heavy atom. The molecule has 4 aliphatic rings. The number of halogens is 2. The number of hydrogen-bond donors (Lipinski definition) is 1. The van der Waals surface area contributed by atoms with Gasteiger partial charge in [-0.1, -0.05) is 17.7 Å². The van der Waals surface area contributed by atoms with E-state index in [1.165, 1.54) is 25.3 Å². The van der Waals surface area contributed by atoms with Gasteiger partial charge in [-0.15, -0.1) is 0 Å². The van der Waals surface area contributed by atoms with E-state index in [1.54, 1.807) is 18.3 Å². The molecule has 41 heavy (non-hydrogen) atoms. The molecular formula is C32H37ClFN5O2. The summed E-state index contributed by atoms with van der Waals surface area (Å²) in [7, 11) is 0. The second-order valence-corrected chi connectivity index (χ2v) is 12.7. The summed E-state index contributed by atoms with van der Waals surface area (Å²) >= 11 is 5.98. The maximum absolute atomic E-state index is 15.0. The highest BCUT2D eigenvalue weighted by Crippen LogP contribution is 2.50. The minimum absolute atomic E-state index is 0.0392. The predicted molar refractivity (Wildman–Crippen MR) is 157 cm³/mol. The van der Waals surface area contributed by atoms with Crippen LogP contribution in [0.2, 0.25) is 5.02 Å². The van der Waals surface area contributed by atoms with E-state index in [0.29, 0.717) is 41.3 Å². The Kier molecular flexibility index (Phi) is 7.35. The second-order valence-electron chi connectivity index (χ2n) is 12.2. The lowest BCUT2D eigenvalue weighted by Crippen LogP contribution is -2.37. The van der Waals surface area contributed by atoms with Crippen LogP contribution in [0.5, 0.6) is 5.75 Å². The number of nitrogens with one attached hydrogen (secondary N) is 1. The third-order valence-electron chi connectivity index (χ3n) is 9.47. The predicted octanol–water partition coefficient (Wildman–Crippen LogP) is 6.32. The molecule has 2 saturated carbocycles. The number of anilines is 2. The van der Waals surface area contributed by atoms with Gasteiger partial charge in [0, 0.05) is 37.8 Å². The number of H-pyrrole nitrogens is 1. The van der Waals surface area contributed by atoms with Crippen LogP contribution in [-0.2, 0) is 17.6 Å². The van der Waals surface area contributed by atoms with Gasteiger partial charge in [0.1, 0.15) is 17.4 Å². The number of rotatable bonds is 9. The fourth-order valence-electron chi connectivity index (χ4n) is 6.92. The van der Waals surface area contributed by atoms with Gasteiger partial charge >= 0.3 is 0 Å². The first-order chi connectivity index (χ1) is 20.0. The molecule has 1 N–H and O–H groups in total. The fraction of sp³-hybridized carbons (Fsp3) is 0.531. The molecule has 4 heterocycles. The molecule has 1 aromatic carbocycles. The molecule has 1 saturated heterocycles. The highest BCUT2D eigenvalue weighted by atomic mass is 35.5. The van der Waals surface area contributed by atoms with Crippen LogP contribution in [0.15, 0.2) is 36.5 Å². The van der Waals surface area contributed by atoms with Gasteiger partial charge in [-0.3, -0.25) is 9.89 Å². The molecular weight excluding hydrogens is 541 g/mol. The van der Waals surface area contributed by atoms with Crippen LogP contribution >= 0.6 is 11.6 Å². The number of hydrogen-bond acceptors (Lipinski definition) is 5. The SMILES string of the molecule is O=C(Cc1ccc(OCC[C@@H]2CC2C2CCN(c3ccc(Cl)cn3)CC2)cc1F)N1CCCc2[nH]nc(C3CC3)c21. The van der Waals surface area contributed by atoms with Crippen molar-refractivity contribution in [2.75, 3.05) is 36.0 Å². The summed E-state index contributed by atoms with van der Waals surface area (Å²) < 4.78 is 21.0. The molecule has 2 atom stereocenters. The fourth-order valence-corrected chi connectivity index (χ4v) is 7.03. The number of carbonyl (C=O) groups excluding carboxylic acids is 1. The summed E-state index contributed by atoms with van der Waals surface area (Å²) in [6, 6.07) is 8.84. The van der Waals surface area contributed by atoms with Crippen molar-refractivity contribution in [3.63, 3.8) is 0 Å². The topological polar surface area (TPSA) is 74.3 Å². The molecule has 216 valence electrons. The van der Waals surface area contributed by atoms with E-state index in [4.69, 9.17) is 16.3 Å². The smallest absolute Gasteiger partial charge is 0.231 e. The molecule has 1 amide bonds. The summed E-state index contributed by atoms with van der Waals surface area (Å²) in [5.74, 6) is 3.77. The first-order valence-corrected chi connectivity index (χ1v) is 15.6. The van der Waals surface area contributed by atoms with E-state index in [0.717, 1.165) is 79.9 Å². The monoisotopic (exact) mass is 577 g/mol. The molecule has 2 aliphatic heterocycles. The molecule has 0 radical (unpaired) electrons. The third kappa shape index (κ3) is 5.81. The molecule has 2 aromatic heterocycles. The Labute approximate surface area is 245 Å². The quantitative estimate of drug-likeness (QED) is 0.322. The lowest BCUT2D eigenvalue weighted by atomic mass is 9.90. The second kappa shape index (κ2) is 11.3. The largest absolute Gasteiger partial charge is 0.493 e. The third-order valence-corrected chi connectivity index (χ3v) is 9.69. The van der Waals surface area contributed by atoms with Gasteiger partial charge in [0.25, 0.3) is 0 Å². The van der Waals surface area contributed by atoms with Crippen molar-refractivity contribution in [1.29, 1.82) is 0 Å². The van der Waals surface area contributed by atoms with E-state index < -0.39 is 0 Å². The minimum atomic E-state index is -0.381. The molecule has 2 aliphatic carbocycles. The lowest BCUT2D eigenvalue weighted by molar-refractivity contribution is -0.118. The molecule has 3 fully saturated rings. The Hall–Kier alpha value is -3.13. The number of ether oxygens (including phenoxy) is 1. The summed E-state index contributed by atoms with van der Waals surface area (Å²) in [5.41, 5.74) is 3.41. The van der Waals surface area contributed by atoms with Gasteiger partial charge in [0.15, 0.2) is 0 Å². The highest BCUT2D eigenvalue weighted by Gasteiger charge is 2.43. The van der Waals surface area contributed by atoms with Gasteiger partial charge in [-0.25, -0.2) is 9.37 Å². The van der Waals surface area contributed by atoms with Crippen LogP contribution in [0, 0.1) is 23.6 Å². The van der Waals surface area contributed by atoms with Crippen molar-refractivity contribution in [3.8, 4) is 5.75 Å². The Morgan fingerprint density at radius 3 is 2.73 bits per heavy atom. The van der Waals surface area contributed by atoms with Gasteiger partial charge in [-0.2, -0.15) is 5.10 Å². The lowest BCUT2D eigenvalue weighted by Gasteiger charge is -2.33. The molecule has 7 rings (SSSR count). The van der Waals surface area contributed by atoms with Crippen LogP contribution in [0.25, 0.3) is 0 Å². The normalized spacial score (nSPS) is 22.5. The number of aryl methyl sites for hydroxylation is 1. The zero-order valence-electron chi connectivity index (χ0n) is 23.3. The van der Waals surface area contributed by atoms with Crippen molar-refractivity contribution in [3.05, 3.63) is 64.3 Å². The van der Waals surface area contributed by atoms with Gasteiger partial charge in [-0.05, 0) is 92.9 Å². The van der Waals surface area contributed by atoms with Crippen LogP contribution in [0.3, 0.4) is 0 Å².